The second-order valence-corrected chi connectivity index (χ2v) is 8.38. The summed E-state index contributed by atoms with van der Waals surface area (Å²) in [5.74, 6) is -0.154. The maximum atomic E-state index is 13.6. The van der Waals surface area contributed by atoms with Crippen LogP contribution in [0.3, 0.4) is 0 Å². The minimum atomic E-state index is -0.963. The summed E-state index contributed by atoms with van der Waals surface area (Å²) in [4.78, 5) is 13.7. The van der Waals surface area contributed by atoms with Gasteiger partial charge in [0, 0.05) is 24.2 Å². The average molecular weight is 403 g/mol. The van der Waals surface area contributed by atoms with Crippen LogP contribution >= 0.6 is 11.6 Å². The van der Waals surface area contributed by atoms with Crippen molar-refractivity contribution in [2.45, 2.75) is 44.7 Å². The number of nitrogens with zero attached hydrogens (tertiary/aromatic N) is 1. The molecule has 148 valence electrons. The zero-order valence-corrected chi connectivity index (χ0v) is 16.5. The summed E-state index contributed by atoms with van der Waals surface area (Å²) in [6.07, 6.45) is 3.40. The van der Waals surface area contributed by atoms with E-state index in [1.807, 2.05) is 25.1 Å². The molecule has 6 heteroatoms. The van der Waals surface area contributed by atoms with Gasteiger partial charge in [0.05, 0.1) is 10.7 Å². The fourth-order valence-corrected chi connectivity index (χ4v) is 4.94. The molecule has 2 bridgehead atoms. The van der Waals surface area contributed by atoms with Gasteiger partial charge in [0.1, 0.15) is 5.82 Å². The summed E-state index contributed by atoms with van der Waals surface area (Å²) in [6.45, 7) is 2.38. The quantitative estimate of drug-likeness (QED) is 0.713. The Hall–Kier alpha value is -2.11. The molecule has 0 aromatic heterocycles. The van der Waals surface area contributed by atoms with Gasteiger partial charge < -0.3 is 10.4 Å². The lowest BCUT2D eigenvalue weighted by Crippen LogP contribution is -2.43. The molecule has 28 heavy (non-hydrogen) atoms. The molecule has 4 rings (SSSR count). The Balaban J connectivity index is 1.70. The molecular formula is C22H24ClFN2O2. The number of carbonyl (C=O) groups is 1. The molecule has 2 N–H and O–H groups in total. The normalized spacial score (nSPS) is 23.6. The van der Waals surface area contributed by atoms with Crippen molar-refractivity contribution in [2.75, 3.05) is 11.4 Å². The number of hydrogen-bond donors (Lipinski definition) is 2. The lowest BCUT2D eigenvalue weighted by molar-refractivity contribution is 0.198. The molecule has 0 unspecified atom stereocenters. The first-order chi connectivity index (χ1) is 13.4. The lowest BCUT2D eigenvalue weighted by Gasteiger charge is -2.33. The second-order valence-electron chi connectivity index (χ2n) is 7.97. The van der Waals surface area contributed by atoms with Gasteiger partial charge in [-0.25, -0.2) is 9.18 Å². The maximum absolute atomic E-state index is 13.6. The van der Waals surface area contributed by atoms with E-state index >= 15 is 0 Å². The van der Waals surface area contributed by atoms with Gasteiger partial charge in [0.25, 0.3) is 0 Å². The van der Waals surface area contributed by atoms with E-state index in [1.165, 1.54) is 23.8 Å². The number of hydrogen-bond acceptors (Lipinski definition) is 2. The third-order valence-electron chi connectivity index (χ3n) is 5.98. The smallest absolute Gasteiger partial charge is 0.411 e. The molecule has 2 aliphatic rings. The number of fused-ring (bicyclic) bond motifs is 2. The number of benzene rings is 2. The Morgan fingerprint density at radius 1 is 1.25 bits per heavy atom. The third-order valence-corrected chi connectivity index (χ3v) is 6.27. The number of anilines is 1. The minimum absolute atomic E-state index is 0.0294. The summed E-state index contributed by atoms with van der Waals surface area (Å²) < 4.78 is 13.6. The molecule has 2 aromatic rings. The second kappa shape index (κ2) is 7.72. The number of piperidine rings is 1. The number of rotatable bonds is 4. The van der Waals surface area contributed by atoms with Crippen molar-refractivity contribution >= 4 is 23.4 Å². The van der Waals surface area contributed by atoms with Crippen molar-refractivity contribution in [1.82, 2.24) is 5.32 Å². The number of para-hydroxylation sites is 1. The topological polar surface area (TPSA) is 52.6 Å². The fraction of sp³-hybridized carbons (Fsp3) is 0.409. The van der Waals surface area contributed by atoms with Crippen molar-refractivity contribution in [3.8, 4) is 11.1 Å². The monoisotopic (exact) mass is 402 g/mol. The summed E-state index contributed by atoms with van der Waals surface area (Å²) in [6, 6.07) is 11.2. The lowest BCUT2D eigenvalue weighted by atomic mass is 9.91. The summed E-state index contributed by atoms with van der Waals surface area (Å²) >= 11 is 5.98. The molecule has 0 saturated carbocycles. The van der Waals surface area contributed by atoms with Crippen LogP contribution in [0, 0.1) is 18.7 Å². The molecule has 1 amide bonds. The average Bonchev–Trinajstić information content (AvgIpc) is 3.00. The number of aryl methyl sites for hydroxylation is 1. The van der Waals surface area contributed by atoms with Crippen LogP contribution in [0.5, 0.6) is 0 Å². The van der Waals surface area contributed by atoms with E-state index in [4.69, 9.17) is 11.6 Å². The molecule has 2 aromatic carbocycles. The summed E-state index contributed by atoms with van der Waals surface area (Å²) in [5, 5.41) is 13.7. The van der Waals surface area contributed by atoms with Gasteiger partial charge >= 0.3 is 6.09 Å². The van der Waals surface area contributed by atoms with Gasteiger partial charge in [0.2, 0.25) is 0 Å². The highest BCUT2D eigenvalue weighted by molar-refractivity contribution is 6.31. The Morgan fingerprint density at radius 2 is 1.96 bits per heavy atom. The SMILES string of the molecule is Cc1cccc(-c2ccc(F)c(Cl)c2)c1N(C[C@H]1C[C@H]2CC[C@@H](C1)N2)C(=O)O. The number of amides is 1. The number of carboxylic acid groups (broad SMARTS) is 1. The molecule has 2 fully saturated rings. The molecule has 0 aliphatic carbocycles. The fourth-order valence-electron chi connectivity index (χ4n) is 4.76. The standard InChI is InChI=1S/C22H24ClFN2O2/c1-13-3-2-4-18(15-5-8-20(24)19(23)11-15)21(13)26(22(27)28)12-14-9-16-6-7-17(10-14)25-16/h2-5,8,11,14,16-17,25H,6-7,9-10,12H2,1H3,(H,27,28)/t14-,16+,17-. The predicted molar refractivity (Wildman–Crippen MR) is 110 cm³/mol. The van der Waals surface area contributed by atoms with Crippen molar-refractivity contribution in [1.29, 1.82) is 0 Å². The van der Waals surface area contributed by atoms with Crippen LogP contribution in [0.2, 0.25) is 5.02 Å². The van der Waals surface area contributed by atoms with Crippen LogP contribution in [-0.2, 0) is 0 Å². The van der Waals surface area contributed by atoms with Crippen molar-refractivity contribution in [3.63, 3.8) is 0 Å². The van der Waals surface area contributed by atoms with Gasteiger partial charge in [-0.05, 0) is 61.8 Å². The highest BCUT2D eigenvalue weighted by Crippen LogP contribution is 2.38. The predicted octanol–water partition coefficient (Wildman–Crippen LogP) is 5.47. The van der Waals surface area contributed by atoms with E-state index in [-0.39, 0.29) is 5.02 Å². The maximum Gasteiger partial charge on any atom is 0.411 e. The van der Waals surface area contributed by atoms with E-state index in [0.29, 0.717) is 35.8 Å². The van der Waals surface area contributed by atoms with Crippen LogP contribution in [0.4, 0.5) is 14.9 Å². The van der Waals surface area contributed by atoms with Crippen LogP contribution in [0.15, 0.2) is 36.4 Å². The van der Waals surface area contributed by atoms with E-state index in [0.717, 1.165) is 24.0 Å². The van der Waals surface area contributed by atoms with Gasteiger partial charge in [-0.3, -0.25) is 4.90 Å². The zero-order valence-electron chi connectivity index (χ0n) is 15.8. The van der Waals surface area contributed by atoms with Gasteiger partial charge in [-0.2, -0.15) is 0 Å². The van der Waals surface area contributed by atoms with Crippen LogP contribution in [0.25, 0.3) is 11.1 Å². The van der Waals surface area contributed by atoms with Gasteiger partial charge in [0.15, 0.2) is 0 Å². The first-order valence-electron chi connectivity index (χ1n) is 9.74. The Morgan fingerprint density at radius 3 is 2.61 bits per heavy atom. The Kier molecular flexibility index (Phi) is 5.30. The highest BCUT2D eigenvalue weighted by Gasteiger charge is 2.35. The first kappa shape index (κ1) is 19.2. The Labute approximate surface area is 169 Å². The largest absolute Gasteiger partial charge is 0.465 e. The molecule has 0 radical (unpaired) electrons. The number of halogens is 2. The third kappa shape index (κ3) is 3.74. The van der Waals surface area contributed by atoms with Crippen LogP contribution < -0.4 is 10.2 Å². The van der Waals surface area contributed by atoms with Crippen molar-refractivity contribution in [3.05, 3.63) is 52.8 Å². The zero-order chi connectivity index (χ0) is 19.8. The molecular weight excluding hydrogens is 379 g/mol. The highest BCUT2D eigenvalue weighted by atomic mass is 35.5. The molecule has 3 atom stereocenters. The summed E-state index contributed by atoms with van der Waals surface area (Å²) in [7, 11) is 0. The molecule has 2 aliphatic heterocycles. The van der Waals surface area contributed by atoms with E-state index < -0.39 is 11.9 Å². The van der Waals surface area contributed by atoms with E-state index in [2.05, 4.69) is 5.32 Å². The van der Waals surface area contributed by atoms with Crippen molar-refractivity contribution in [2.24, 2.45) is 5.92 Å². The van der Waals surface area contributed by atoms with Crippen molar-refractivity contribution < 1.29 is 14.3 Å². The van der Waals surface area contributed by atoms with Crippen LogP contribution in [0.1, 0.15) is 31.2 Å². The molecule has 2 saturated heterocycles. The van der Waals surface area contributed by atoms with E-state index in [9.17, 15) is 14.3 Å². The van der Waals surface area contributed by atoms with Gasteiger partial charge in [-0.15, -0.1) is 0 Å². The molecule has 4 nitrogen and oxygen atoms in total. The minimum Gasteiger partial charge on any atom is -0.465 e. The first-order valence-corrected chi connectivity index (χ1v) is 10.1. The summed E-state index contributed by atoms with van der Waals surface area (Å²) in [5.41, 5.74) is 2.99. The molecule has 2 heterocycles. The van der Waals surface area contributed by atoms with E-state index in [1.54, 1.807) is 12.1 Å². The molecule has 0 spiro atoms. The number of nitrogens with one attached hydrogen (secondary N) is 1. The van der Waals surface area contributed by atoms with Crippen LogP contribution in [-0.4, -0.2) is 29.8 Å². The van der Waals surface area contributed by atoms with Gasteiger partial charge in [-0.1, -0.05) is 35.9 Å². The Bertz CT molecular complexity index is 892.